The highest BCUT2D eigenvalue weighted by atomic mass is 28.4. The summed E-state index contributed by atoms with van der Waals surface area (Å²) in [6, 6.07) is 12.8. The van der Waals surface area contributed by atoms with E-state index < -0.39 is 21.0 Å². The van der Waals surface area contributed by atoms with Gasteiger partial charge in [-0.3, -0.25) is 4.79 Å². The maximum Gasteiger partial charge on any atom is 0.387 e. The zero-order valence-corrected chi connectivity index (χ0v) is 25.6. The third kappa shape index (κ3) is 4.83. The van der Waals surface area contributed by atoms with Crippen molar-refractivity contribution < 1.29 is 22.7 Å². The third-order valence-electron chi connectivity index (χ3n) is 8.87. The molecule has 1 N–H and O–H groups in total. The van der Waals surface area contributed by atoms with Crippen LogP contribution in [-0.4, -0.2) is 46.3 Å². The Hall–Kier alpha value is -3.54. The summed E-state index contributed by atoms with van der Waals surface area (Å²) < 4.78 is 41.8. The number of nitrogens with one attached hydrogen (secondary N) is 1. The van der Waals surface area contributed by atoms with Crippen molar-refractivity contribution in [1.82, 2.24) is 24.8 Å². The van der Waals surface area contributed by atoms with E-state index in [4.69, 9.17) is 14.1 Å². The van der Waals surface area contributed by atoms with Crippen molar-refractivity contribution in [1.29, 1.82) is 0 Å². The topological polar surface area (TPSA) is 91.2 Å². The smallest absolute Gasteiger partial charge is 0.387 e. The molecule has 2 bridgehead atoms. The maximum absolute atomic E-state index is 14.0. The van der Waals surface area contributed by atoms with E-state index in [1.165, 1.54) is 6.20 Å². The molecule has 2 aliphatic rings. The van der Waals surface area contributed by atoms with Crippen molar-refractivity contribution in [3.8, 4) is 17.0 Å². The molecule has 0 aliphatic carbocycles. The predicted octanol–water partition coefficient (Wildman–Crippen LogP) is 6.83. The van der Waals surface area contributed by atoms with E-state index >= 15 is 0 Å². The standard InChI is InChI=1S/C31H35F2N5O3Si/c1-17(41-42(5,6)31(2,3)4)26(39)28-34-14-13-20(36-28)19-12-11-18-16-35-22-15-24(25(18)27(19)40-30(32)33)38-23-10-8-7-9-21(23)37-29(22)38/h7-14,17,22,24,30,35H,15-16H2,1-6H3/t17?,22-,24-/m1/s1. The monoisotopic (exact) mass is 591 g/mol. The van der Waals surface area contributed by atoms with Crippen LogP contribution in [0.4, 0.5) is 8.78 Å². The van der Waals surface area contributed by atoms with Gasteiger partial charge in [-0.05, 0) is 61.3 Å². The third-order valence-corrected chi connectivity index (χ3v) is 13.4. The van der Waals surface area contributed by atoms with Gasteiger partial charge < -0.3 is 19.0 Å². The molecular formula is C31H35F2N5O3Si. The minimum Gasteiger partial charge on any atom is -0.434 e. The summed E-state index contributed by atoms with van der Waals surface area (Å²) in [6.45, 7) is 9.61. The molecular weight excluding hydrogens is 556 g/mol. The molecule has 42 heavy (non-hydrogen) atoms. The highest BCUT2D eigenvalue weighted by Crippen LogP contribution is 2.49. The van der Waals surface area contributed by atoms with Crippen LogP contribution in [0.5, 0.6) is 5.75 Å². The Labute approximate surface area is 244 Å². The fourth-order valence-corrected chi connectivity index (χ4v) is 7.13. The zero-order valence-electron chi connectivity index (χ0n) is 24.6. The van der Waals surface area contributed by atoms with E-state index in [0.29, 0.717) is 29.8 Å². The van der Waals surface area contributed by atoms with Crippen LogP contribution < -0.4 is 10.1 Å². The average Bonchev–Trinajstić information content (AvgIpc) is 3.40. The van der Waals surface area contributed by atoms with Crippen LogP contribution in [0.15, 0.2) is 48.7 Å². The summed E-state index contributed by atoms with van der Waals surface area (Å²) in [5.41, 5.74) is 4.04. The molecule has 6 rings (SSSR count). The number of carbonyl (C=O) groups excluding carboxylic acids is 1. The fourth-order valence-electron chi connectivity index (χ4n) is 5.78. The van der Waals surface area contributed by atoms with Crippen molar-refractivity contribution in [2.45, 2.75) is 83.6 Å². The van der Waals surface area contributed by atoms with Crippen molar-refractivity contribution in [3.63, 3.8) is 0 Å². The number of nitrogens with zero attached hydrogens (tertiary/aromatic N) is 4. The van der Waals surface area contributed by atoms with Gasteiger partial charge >= 0.3 is 6.61 Å². The molecule has 11 heteroatoms. The molecule has 0 spiro atoms. The summed E-state index contributed by atoms with van der Waals surface area (Å²) in [5, 5.41) is 3.46. The number of benzene rings is 2. The molecule has 0 radical (unpaired) electrons. The van der Waals surface area contributed by atoms with Gasteiger partial charge in [-0.2, -0.15) is 8.78 Å². The van der Waals surface area contributed by atoms with Crippen LogP contribution in [0.1, 0.15) is 73.8 Å². The second kappa shape index (κ2) is 10.3. The number of alkyl halides is 2. The van der Waals surface area contributed by atoms with Crippen LogP contribution in [0.2, 0.25) is 18.1 Å². The van der Waals surface area contributed by atoms with Crippen LogP contribution in [0.25, 0.3) is 22.3 Å². The van der Waals surface area contributed by atoms with E-state index in [1.807, 2.05) is 30.3 Å². The van der Waals surface area contributed by atoms with Crippen molar-refractivity contribution in [2.75, 3.05) is 0 Å². The van der Waals surface area contributed by atoms with Gasteiger partial charge in [0.2, 0.25) is 5.78 Å². The zero-order chi connectivity index (χ0) is 30.0. The number of Topliss-reactive ketones (excluding diaryl/α,β-unsaturated/α-hetero) is 1. The van der Waals surface area contributed by atoms with Crippen LogP contribution in [0, 0.1) is 0 Å². The SMILES string of the molecule is CC(O[Si](C)(C)C(C)(C)C)C(=O)c1nccc(-c2ccc3c(c2OC(F)F)[C@H]2C[C@@H](NC3)c3nc4ccccc4n32)n1. The fraction of sp³-hybridized carbons (Fsp3) is 0.419. The predicted molar refractivity (Wildman–Crippen MR) is 158 cm³/mol. The first-order valence-electron chi connectivity index (χ1n) is 14.2. The van der Waals surface area contributed by atoms with Gasteiger partial charge in [0, 0.05) is 23.9 Å². The van der Waals surface area contributed by atoms with Crippen molar-refractivity contribution in [3.05, 3.63) is 71.4 Å². The van der Waals surface area contributed by atoms with Gasteiger partial charge in [0.1, 0.15) is 17.7 Å². The van der Waals surface area contributed by atoms with Gasteiger partial charge in [-0.25, -0.2) is 15.0 Å². The number of ether oxygens (including phenoxy) is 1. The lowest BCUT2D eigenvalue weighted by atomic mass is 9.94. The molecule has 0 fully saturated rings. The number of ketones is 1. The van der Waals surface area contributed by atoms with Gasteiger partial charge in [0.15, 0.2) is 14.1 Å². The number of halogens is 2. The lowest BCUT2D eigenvalue weighted by Crippen LogP contribution is -2.45. The number of fused-ring (bicyclic) bond motifs is 9. The van der Waals surface area contributed by atoms with Crippen molar-refractivity contribution in [2.24, 2.45) is 0 Å². The van der Waals surface area contributed by atoms with E-state index in [2.05, 4.69) is 53.7 Å². The van der Waals surface area contributed by atoms with Crippen LogP contribution in [-0.2, 0) is 11.0 Å². The average molecular weight is 592 g/mol. The highest BCUT2D eigenvalue weighted by Gasteiger charge is 2.42. The Kier molecular flexibility index (Phi) is 7.02. The molecule has 2 aromatic carbocycles. The summed E-state index contributed by atoms with van der Waals surface area (Å²) in [5.74, 6) is 0.557. The molecule has 2 aromatic heterocycles. The molecule has 2 aliphatic heterocycles. The molecule has 8 nitrogen and oxygen atoms in total. The van der Waals surface area contributed by atoms with E-state index in [9.17, 15) is 13.6 Å². The number of hydrogen-bond donors (Lipinski definition) is 1. The van der Waals surface area contributed by atoms with Gasteiger partial charge in [-0.15, -0.1) is 0 Å². The lowest BCUT2D eigenvalue weighted by Gasteiger charge is -2.37. The number of rotatable bonds is 7. The van der Waals surface area contributed by atoms with E-state index in [-0.39, 0.29) is 34.5 Å². The molecule has 3 atom stereocenters. The minimum atomic E-state index is -3.05. The first kappa shape index (κ1) is 28.6. The van der Waals surface area contributed by atoms with E-state index in [1.54, 1.807) is 19.1 Å². The molecule has 0 saturated heterocycles. The Balaban J connectivity index is 1.43. The van der Waals surface area contributed by atoms with Crippen LogP contribution in [0.3, 0.4) is 0 Å². The molecule has 4 aromatic rings. The van der Waals surface area contributed by atoms with E-state index in [0.717, 1.165) is 22.4 Å². The summed E-state index contributed by atoms with van der Waals surface area (Å²) in [4.78, 5) is 27.1. The minimum absolute atomic E-state index is 0.0247. The second-order valence-electron chi connectivity index (χ2n) is 12.6. The summed E-state index contributed by atoms with van der Waals surface area (Å²) in [7, 11) is -2.23. The molecule has 4 heterocycles. The quantitative estimate of drug-likeness (QED) is 0.186. The normalized spacial score (nSPS) is 19.0. The maximum atomic E-state index is 14.0. The Morgan fingerprint density at radius 3 is 2.62 bits per heavy atom. The number of aromatic nitrogens is 4. The number of para-hydroxylation sites is 2. The van der Waals surface area contributed by atoms with Crippen LogP contribution >= 0.6 is 0 Å². The lowest BCUT2D eigenvalue weighted by molar-refractivity contribution is -0.0503. The molecule has 0 saturated carbocycles. The second-order valence-corrected chi connectivity index (χ2v) is 17.3. The Bertz CT molecular complexity index is 1680. The highest BCUT2D eigenvalue weighted by molar-refractivity contribution is 6.74. The molecule has 1 unspecified atom stereocenters. The number of hydrogen-bond acceptors (Lipinski definition) is 7. The Morgan fingerprint density at radius 1 is 1.12 bits per heavy atom. The van der Waals surface area contributed by atoms with Gasteiger partial charge in [-0.1, -0.05) is 39.0 Å². The molecule has 220 valence electrons. The molecule has 0 amide bonds. The largest absolute Gasteiger partial charge is 0.434 e. The number of imidazole rings is 1. The Morgan fingerprint density at radius 2 is 1.88 bits per heavy atom. The number of carbonyl (C=O) groups is 1. The first-order chi connectivity index (χ1) is 19.9. The van der Waals surface area contributed by atoms with Gasteiger partial charge in [0.05, 0.1) is 28.8 Å². The summed E-state index contributed by atoms with van der Waals surface area (Å²) in [6.07, 6.45) is 1.37. The first-order valence-corrected chi connectivity index (χ1v) is 17.1. The van der Waals surface area contributed by atoms with Crippen molar-refractivity contribution >= 4 is 25.1 Å². The summed E-state index contributed by atoms with van der Waals surface area (Å²) >= 11 is 0. The van der Waals surface area contributed by atoms with Gasteiger partial charge in [0.25, 0.3) is 0 Å².